The molecule has 1 heterocycles. The molecular weight excluding hydrogens is 612 g/mol. The topological polar surface area (TPSA) is 135 Å². The first-order valence-corrected chi connectivity index (χ1v) is 19.1. The summed E-state index contributed by atoms with van der Waals surface area (Å²) in [6.45, 7) is 4.40. The third kappa shape index (κ3) is 22.9. The van der Waals surface area contributed by atoms with Gasteiger partial charge < -0.3 is 39.4 Å². The molecule has 0 bridgehead atoms. The fourth-order valence-electron chi connectivity index (χ4n) is 5.56. The second kappa shape index (κ2) is 31.4. The van der Waals surface area contributed by atoms with Gasteiger partial charge in [0, 0.05) is 13.0 Å². The van der Waals surface area contributed by atoms with E-state index in [0.29, 0.717) is 13.0 Å². The number of hydrogen-bond donors (Lipinski definition) is 4. The highest BCUT2D eigenvalue weighted by Gasteiger charge is 2.44. The second-order valence-corrected chi connectivity index (χ2v) is 13.0. The summed E-state index contributed by atoms with van der Waals surface area (Å²) in [6.07, 6.45) is 27.4. The second-order valence-electron chi connectivity index (χ2n) is 13.0. The van der Waals surface area contributed by atoms with Crippen LogP contribution in [0, 0.1) is 0 Å². The van der Waals surface area contributed by atoms with Gasteiger partial charge in [-0.3, -0.25) is 4.79 Å². The van der Waals surface area contributed by atoms with E-state index in [1.54, 1.807) is 0 Å². The Hall–Kier alpha value is -1.59. The third-order valence-corrected chi connectivity index (χ3v) is 8.57. The van der Waals surface area contributed by atoms with Gasteiger partial charge >= 0.3 is 5.97 Å². The normalized spacial score (nSPS) is 22.3. The van der Waals surface area contributed by atoms with Crippen molar-refractivity contribution in [1.29, 1.82) is 0 Å². The number of aliphatic hydroxyl groups excluding tert-OH is 4. The Morgan fingerprint density at radius 1 is 0.688 bits per heavy atom. The molecule has 0 spiro atoms. The van der Waals surface area contributed by atoms with Crippen molar-refractivity contribution >= 4 is 5.97 Å². The zero-order valence-electron chi connectivity index (χ0n) is 30.2. The quantitative estimate of drug-likeness (QED) is 0.0339. The van der Waals surface area contributed by atoms with Crippen molar-refractivity contribution in [1.82, 2.24) is 0 Å². The van der Waals surface area contributed by atoms with E-state index in [-0.39, 0.29) is 19.2 Å². The predicted octanol–water partition coefficient (Wildman–Crippen LogP) is 7.24. The van der Waals surface area contributed by atoms with Crippen LogP contribution in [0.15, 0.2) is 36.5 Å². The molecule has 0 saturated carbocycles. The van der Waals surface area contributed by atoms with Gasteiger partial charge in [-0.15, -0.1) is 0 Å². The summed E-state index contributed by atoms with van der Waals surface area (Å²) >= 11 is 0. The van der Waals surface area contributed by atoms with Crippen molar-refractivity contribution in [3.8, 4) is 0 Å². The molecule has 1 rings (SSSR count). The molecule has 6 atom stereocenters. The molecule has 0 amide bonds. The number of rotatable bonds is 31. The number of aliphatic hydroxyl groups is 4. The van der Waals surface area contributed by atoms with Crippen LogP contribution in [0.25, 0.3) is 0 Å². The maximum Gasteiger partial charge on any atom is 0.306 e. The molecular formula is C39H70O9. The summed E-state index contributed by atoms with van der Waals surface area (Å²) in [4.78, 5) is 12.7. The number of carbonyl (C=O) groups excluding carboxylic acids is 1. The Bertz CT molecular complexity index is 828. The molecule has 0 aliphatic carbocycles. The summed E-state index contributed by atoms with van der Waals surface area (Å²) in [5.41, 5.74) is 0. The summed E-state index contributed by atoms with van der Waals surface area (Å²) in [5, 5.41) is 39.9. The van der Waals surface area contributed by atoms with Crippen LogP contribution in [-0.4, -0.2) is 89.6 Å². The zero-order valence-corrected chi connectivity index (χ0v) is 30.2. The lowest BCUT2D eigenvalue weighted by Gasteiger charge is -2.39. The fraction of sp³-hybridized carbons (Fsp3) is 0.821. The maximum atomic E-state index is 12.7. The first-order valence-electron chi connectivity index (χ1n) is 19.1. The number of allylic oxidation sites excluding steroid dienone is 6. The van der Waals surface area contributed by atoms with E-state index in [4.69, 9.17) is 18.9 Å². The lowest BCUT2D eigenvalue weighted by atomic mass is 9.99. The maximum absolute atomic E-state index is 12.7. The van der Waals surface area contributed by atoms with Crippen LogP contribution in [0.5, 0.6) is 0 Å². The molecule has 280 valence electrons. The van der Waals surface area contributed by atoms with Crippen molar-refractivity contribution in [3.05, 3.63) is 36.5 Å². The lowest BCUT2D eigenvalue weighted by molar-refractivity contribution is -0.305. The number of ether oxygens (including phenoxy) is 4. The highest BCUT2D eigenvalue weighted by Crippen LogP contribution is 2.22. The summed E-state index contributed by atoms with van der Waals surface area (Å²) in [5.74, 6) is -0.332. The van der Waals surface area contributed by atoms with Crippen molar-refractivity contribution in [2.24, 2.45) is 0 Å². The minimum Gasteiger partial charge on any atom is -0.457 e. The molecule has 0 aromatic rings. The van der Waals surface area contributed by atoms with Gasteiger partial charge in [-0.25, -0.2) is 0 Å². The standard InChI is InChI=1S/C39H70O9/c1-3-5-7-9-11-13-15-16-17-18-19-20-22-24-26-28-35(41)47-33(31-45-29-27-25-23-21-14-12-10-8-6-4-2)32-46-39-38(44)37(43)36(42)34(30-40)48-39/h5,7,11,13,16-17,33-34,36-40,42-44H,3-4,6,8-10,12,14-15,18-32H2,1-2H3/b7-5-,13-11-,17-16-. The molecule has 4 N–H and O–H groups in total. The monoisotopic (exact) mass is 683 g/mol. The van der Waals surface area contributed by atoms with Crippen molar-refractivity contribution in [3.63, 3.8) is 0 Å². The molecule has 9 nitrogen and oxygen atoms in total. The zero-order chi connectivity index (χ0) is 35.1. The molecule has 0 aromatic carbocycles. The highest BCUT2D eigenvalue weighted by atomic mass is 16.7. The minimum absolute atomic E-state index is 0.119. The van der Waals surface area contributed by atoms with Crippen LogP contribution in [0.4, 0.5) is 0 Å². The highest BCUT2D eigenvalue weighted by molar-refractivity contribution is 5.69. The Morgan fingerprint density at radius 3 is 1.92 bits per heavy atom. The van der Waals surface area contributed by atoms with E-state index >= 15 is 0 Å². The van der Waals surface area contributed by atoms with Crippen LogP contribution < -0.4 is 0 Å². The van der Waals surface area contributed by atoms with Crippen LogP contribution in [0.3, 0.4) is 0 Å². The third-order valence-electron chi connectivity index (χ3n) is 8.57. The van der Waals surface area contributed by atoms with Crippen LogP contribution in [0.1, 0.15) is 142 Å². The average Bonchev–Trinajstić information content (AvgIpc) is 3.08. The number of carbonyl (C=O) groups is 1. The Labute approximate surface area is 291 Å². The molecule has 6 unspecified atom stereocenters. The lowest BCUT2D eigenvalue weighted by Crippen LogP contribution is -2.59. The number of hydrogen-bond acceptors (Lipinski definition) is 9. The number of unbranched alkanes of at least 4 members (excludes halogenated alkanes) is 14. The molecule has 0 radical (unpaired) electrons. The first-order chi connectivity index (χ1) is 23.4. The Balaban J connectivity index is 2.34. The van der Waals surface area contributed by atoms with Gasteiger partial charge in [-0.2, -0.15) is 0 Å². The summed E-state index contributed by atoms with van der Waals surface area (Å²) in [6, 6.07) is 0. The molecule has 1 aliphatic heterocycles. The molecule has 1 aliphatic rings. The fourth-order valence-corrected chi connectivity index (χ4v) is 5.56. The largest absolute Gasteiger partial charge is 0.457 e. The van der Waals surface area contributed by atoms with Gasteiger partial charge in [0.05, 0.1) is 19.8 Å². The Kier molecular flexibility index (Phi) is 29.1. The van der Waals surface area contributed by atoms with Crippen molar-refractivity contribution < 1.29 is 44.2 Å². The summed E-state index contributed by atoms with van der Waals surface area (Å²) < 4.78 is 22.7. The molecule has 1 fully saturated rings. The SMILES string of the molecule is CC/C=C\C/C=C\C/C=C\CCCCCCCC(=O)OC(COCCCCCCCCCCCC)COC1OC(CO)C(O)C(O)C1O. The van der Waals surface area contributed by atoms with Gasteiger partial charge in [0.2, 0.25) is 0 Å². The van der Waals surface area contributed by atoms with E-state index in [1.807, 2.05) is 0 Å². The van der Waals surface area contributed by atoms with Gasteiger partial charge in [-0.05, 0) is 44.9 Å². The predicted molar refractivity (Wildman–Crippen MR) is 192 cm³/mol. The van der Waals surface area contributed by atoms with Crippen molar-refractivity contribution in [2.75, 3.05) is 26.4 Å². The van der Waals surface area contributed by atoms with E-state index in [9.17, 15) is 25.2 Å². The van der Waals surface area contributed by atoms with E-state index < -0.39 is 43.4 Å². The summed E-state index contributed by atoms with van der Waals surface area (Å²) in [7, 11) is 0. The van der Waals surface area contributed by atoms with Crippen LogP contribution >= 0.6 is 0 Å². The molecule has 9 heteroatoms. The van der Waals surface area contributed by atoms with E-state index in [2.05, 4.69) is 50.3 Å². The average molecular weight is 683 g/mol. The van der Waals surface area contributed by atoms with Crippen LogP contribution in [-0.2, 0) is 23.7 Å². The van der Waals surface area contributed by atoms with Gasteiger partial charge in [0.15, 0.2) is 6.29 Å². The van der Waals surface area contributed by atoms with E-state index in [0.717, 1.165) is 70.6 Å². The minimum atomic E-state index is -1.54. The van der Waals surface area contributed by atoms with Gasteiger partial charge in [-0.1, -0.05) is 127 Å². The molecule has 48 heavy (non-hydrogen) atoms. The van der Waals surface area contributed by atoms with Gasteiger partial charge in [0.1, 0.15) is 30.5 Å². The Morgan fingerprint density at radius 2 is 1.27 bits per heavy atom. The van der Waals surface area contributed by atoms with E-state index in [1.165, 1.54) is 51.4 Å². The van der Waals surface area contributed by atoms with Crippen molar-refractivity contribution in [2.45, 2.75) is 179 Å². The first kappa shape index (κ1) is 44.4. The smallest absolute Gasteiger partial charge is 0.306 e. The molecule has 0 aromatic heterocycles. The number of esters is 1. The molecule has 1 saturated heterocycles. The van der Waals surface area contributed by atoms with Crippen LogP contribution in [0.2, 0.25) is 0 Å². The van der Waals surface area contributed by atoms with Gasteiger partial charge in [0.25, 0.3) is 0 Å².